The molecule has 0 spiro atoms. The molecule has 10 heteroatoms. The minimum absolute atomic E-state index is 0.0781. The van der Waals surface area contributed by atoms with Crippen molar-refractivity contribution in [1.82, 2.24) is 19.2 Å². The Hall–Kier alpha value is -2.77. The van der Waals surface area contributed by atoms with E-state index < -0.39 is 15.7 Å². The summed E-state index contributed by atoms with van der Waals surface area (Å²) >= 11 is 0. The van der Waals surface area contributed by atoms with E-state index in [1.54, 1.807) is 18.2 Å². The first-order valence-corrected chi connectivity index (χ1v) is 11.1. The Kier molecular flexibility index (Phi) is 6.24. The van der Waals surface area contributed by atoms with E-state index in [0.717, 1.165) is 11.3 Å². The number of hydrogen-bond acceptors (Lipinski definition) is 6. The van der Waals surface area contributed by atoms with Gasteiger partial charge in [-0.15, -0.1) is 12.3 Å². The smallest absolute Gasteiger partial charge is 0.242 e. The Labute approximate surface area is 176 Å². The summed E-state index contributed by atoms with van der Waals surface area (Å²) in [5.74, 6) is 3.22. The second kappa shape index (κ2) is 8.53. The molecule has 1 N–H and O–H groups in total. The molecule has 0 saturated heterocycles. The predicted molar refractivity (Wildman–Crippen MR) is 113 cm³/mol. The molecule has 1 aromatic carbocycles. The zero-order valence-electron chi connectivity index (χ0n) is 17.4. The van der Waals surface area contributed by atoms with Crippen molar-refractivity contribution in [3.8, 4) is 12.3 Å². The molecule has 9 nitrogen and oxygen atoms in total. The summed E-state index contributed by atoms with van der Waals surface area (Å²) in [6.45, 7) is 0.491. The number of aryl methyl sites for hydroxylation is 2. The van der Waals surface area contributed by atoms with Crippen molar-refractivity contribution in [2.75, 3.05) is 20.6 Å². The van der Waals surface area contributed by atoms with E-state index in [0.29, 0.717) is 37.7 Å². The zero-order valence-corrected chi connectivity index (χ0v) is 18.2. The molecule has 160 valence electrons. The number of fused-ring (bicyclic) bond motifs is 1. The number of nitrogens with one attached hydrogen (secondary N) is 1. The van der Waals surface area contributed by atoms with Gasteiger partial charge >= 0.3 is 0 Å². The van der Waals surface area contributed by atoms with Gasteiger partial charge in [0.1, 0.15) is 5.82 Å². The van der Waals surface area contributed by atoms with Gasteiger partial charge in [-0.1, -0.05) is 0 Å². The van der Waals surface area contributed by atoms with Gasteiger partial charge in [-0.3, -0.25) is 4.79 Å². The van der Waals surface area contributed by atoms with Crippen molar-refractivity contribution in [3.63, 3.8) is 0 Å². The minimum Gasteiger partial charge on any atom is -0.356 e. The summed E-state index contributed by atoms with van der Waals surface area (Å²) in [5.41, 5.74) is 1.00. The Bertz CT molecular complexity index is 1120. The van der Waals surface area contributed by atoms with Gasteiger partial charge in [0.05, 0.1) is 15.9 Å². The summed E-state index contributed by atoms with van der Waals surface area (Å²) in [6.07, 6.45) is 7.98. The van der Waals surface area contributed by atoms with Gasteiger partial charge in [-0.2, -0.15) is 10.2 Å². The van der Waals surface area contributed by atoms with Crippen molar-refractivity contribution >= 4 is 27.0 Å². The van der Waals surface area contributed by atoms with Crippen LogP contribution in [0.25, 0.3) is 11.0 Å². The monoisotopic (exact) mass is 430 g/mol. The molecular weight excluding hydrogens is 404 g/mol. The maximum atomic E-state index is 12.3. The molecule has 0 saturated carbocycles. The second-order valence-corrected chi connectivity index (χ2v) is 9.66. The first-order valence-electron chi connectivity index (χ1n) is 9.71. The quantitative estimate of drug-likeness (QED) is 0.580. The highest BCUT2D eigenvalue weighted by atomic mass is 32.2. The molecule has 30 heavy (non-hydrogen) atoms. The molecule has 1 aromatic heterocycles. The summed E-state index contributed by atoms with van der Waals surface area (Å²) in [6, 6.07) is 4.87. The van der Waals surface area contributed by atoms with Crippen molar-refractivity contribution in [3.05, 3.63) is 24.0 Å². The molecule has 1 amide bonds. The van der Waals surface area contributed by atoms with Crippen LogP contribution >= 0.6 is 0 Å². The van der Waals surface area contributed by atoms with Gasteiger partial charge in [0.2, 0.25) is 15.9 Å². The normalized spacial score (nSPS) is 14.8. The Morgan fingerprint density at radius 1 is 1.30 bits per heavy atom. The fourth-order valence-electron chi connectivity index (χ4n) is 3.21. The number of carbonyl (C=O) groups is 1. The van der Waals surface area contributed by atoms with E-state index in [-0.39, 0.29) is 17.2 Å². The minimum atomic E-state index is -3.53. The van der Waals surface area contributed by atoms with Crippen LogP contribution in [0.15, 0.2) is 33.3 Å². The maximum absolute atomic E-state index is 12.3. The summed E-state index contributed by atoms with van der Waals surface area (Å²) in [5, 5.41) is 11.0. The molecule has 1 aliphatic rings. The third kappa shape index (κ3) is 4.68. The molecular formula is C20H26N6O3S. The van der Waals surface area contributed by atoms with Crippen LogP contribution in [0.1, 0.15) is 31.5 Å². The number of sulfonamides is 1. The predicted octanol–water partition coefficient (Wildman–Crippen LogP) is 1.84. The Balaban J connectivity index is 1.57. The van der Waals surface area contributed by atoms with Gasteiger partial charge in [0.25, 0.3) is 0 Å². The first-order chi connectivity index (χ1) is 14.2. The van der Waals surface area contributed by atoms with E-state index >= 15 is 0 Å². The highest BCUT2D eigenvalue weighted by Crippen LogP contribution is 2.36. The van der Waals surface area contributed by atoms with Crippen molar-refractivity contribution in [2.24, 2.45) is 17.3 Å². The van der Waals surface area contributed by atoms with Crippen LogP contribution in [0, 0.1) is 12.3 Å². The number of carbonyl (C=O) groups excluding carboxylic acids is 1. The van der Waals surface area contributed by atoms with E-state index in [9.17, 15) is 13.2 Å². The molecule has 2 aromatic rings. The number of nitrogens with zero attached hydrogens (tertiary/aromatic N) is 5. The van der Waals surface area contributed by atoms with Crippen LogP contribution in [-0.2, 0) is 28.3 Å². The van der Waals surface area contributed by atoms with Crippen LogP contribution in [-0.4, -0.2) is 54.5 Å². The molecule has 0 unspecified atom stereocenters. The van der Waals surface area contributed by atoms with Crippen molar-refractivity contribution < 1.29 is 13.2 Å². The standard InChI is InChI=1S/C20H26N6O3S/c1-5-6-11-20(23-24-20)12-13-21-19(27)10-9-18-22-16-14-15(30(28,29)25(2)3)7-8-17(16)26(18)4/h1,7-8,14H,6,9-13H2,2-4H3,(H,21,27). The average molecular weight is 431 g/mol. The Morgan fingerprint density at radius 2 is 2.03 bits per heavy atom. The maximum Gasteiger partial charge on any atom is 0.242 e. The van der Waals surface area contributed by atoms with Crippen LogP contribution in [0.4, 0.5) is 0 Å². The lowest BCUT2D eigenvalue weighted by Gasteiger charge is -2.11. The van der Waals surface area contributed by atoms with Gasteiger partial charge in [-0.05, 0) is 18.2 Å². The number of aromatic nitrogens is 2. The summed E-state index contributed by atoms with van der Waals surface area (Å²) < 4.78 is 27.7. The molecule has 2 heterocycles. The third-order valence-corrected chi connectivity index (χ3v) is 7.01. The second-order valence-electron chi connectivity index (χ2n) is 7.51. The van der Waals surface area contributed by atoms with Gasteiger partial charge in [0, 0.05) is 59.8 Å². The van der Waals surface area contributed by atoms with Crippen LogP contribution < -0.4 is 5.32 Å². The zero-order chi connectivity index (χ0) is 21.9. The third-order valence-electron chi connectivity index (χ3n) is 5.20. The Morgan fingerprint density at radius 3 is 2.67 bits per heavy atom. The SMILES string of the molecule is C#CCCC1(CCNC(=O)CCc2nc3cc(S(=O)(=O)N(C)C)ccc3n2C)N=N1. The van der Waals surface area contributed by atoms with Crippen molar-refractivity contribution in [1.29, 1.82) is 0 Å². The molecule has 1 aliphatic heterocycles. The topological polar surface area (TPSA) is 109 Å². The number of amides is 1. The number of rotatable bonds is 10. The lowest BCUT2D eigenvalue weighted by Crippen LogP contribution is -2.28. The molecule has 0 radical (unpaired) electrons. The van der Waals surface area contributed by atoms with Gasteiger partial charge in [-0.25, -0.2) is 17.7 Å². The average Bonchev–Trinajstić information content (AvgIpc) is 3.41. The lowest BCUT2D eigenvalue weighted by atomic mass is 10.0. The highest BCUT2D eigenvalue weighted by molar-refractivity contribution is 7.89. The number of hydrogen-bond donors (Lipinski definition) is 1. The molecule has 0 aliphatic carbocycles. The molecule has 0 bridgehead atoms. The molecule has 3 rings (SSSR count). The van der Waals surface area contributed by atoms with E-state index in [4.69, 9.17) is 6.42 Å². The van der Waals surface area contributed by atoms with Crippen LogP contribution in [0.2, 0.25) is 0 Å². The molecule has 0 atom stereocenters. The number of terminal acetylenes is 1. The largest absolute Gasteiger partial charge is 0.356 e. The summed E-state index contributed by atoms with van der Waals surface area (Å²) in [4.78, 5) is 16.9. The van der Waals surface area contributed by atoms with Gasteiger partial charge < -0.3 is 9.88 Å². The van der Waals surface area contributed by atoms with Crippen LogP contribution in [0.5, 0.6) is 0 Å². The van der Waals surface area contributed by atoms with Crippen LogP contribution in [0.3, 0.4) is 0 Å². The lowest BCUT2D eigenvalue weighted by molar-refractivity contribution is -0.121. The summed E-state index contributed by atoms with van der Waals surface area (Å²) in [7, 11) is 1.31. The van der Waals surface area contributed by atoms with Gasteiger partial charge in [0.15, 0.2) is 5.66 Å². The molecule has 0 fully saturated rings. The fourth-order valence-corrected chi connectivity index (χ4v) is 4.13. The number of imidazole rings is 1. The van der Waals surface area contributed by atoms with E-state index in [2.05, 4.69) is 26.4 Å². The van der Waals surface area contributed by atoms with Crippen molar-refractivity contribution in [2.45, 2.75) is 42.7 Å². The number of benzene rings is 1. The van der Waals surface area contributed by atoms with E-state index in [1.807, 2.05) is 11.6 Å². The van der Waals surface area contributed by atoms with E-state index in [1.165, 1.54) is 18.4 Å². The highest BCUT2D eigenvalue weighted by Gasteiger charge is 2.38. The fraction of sp³-hybridized carbons (Fsp3) is 0.500. The first kappa shape index (κ1) is 21.9.